The van der Waals surface area contributed by atoms with Gasteiger partial charge in [-0.25, -0.2) is 9.00 Å². The number of carbonyl (C=O) groups is 2. The molecule has 0 amide bonds. The van der Waals surface area contributed by atoms with Crippen LogP contribution in [0.1, 0.15) is 20.7 Å². The number of benzene rings is 2. The number of rotatable bonds is 4. The Labute approximate surface area is 149 Å². The predicted octanol–water partition coefficient (Wildman–Crippen LogP) is 1.24. The lowest BCUT2D eigenvalue weighted by Gasteiger charge is -2.14. The average Bonchev–Trinajstić information content (AvgIpc) is 2.53. The van der Waals surface area contributed by atoms with Gasteiger partial charge in [0.15, 0.2) is 0 Å². The van der Waals surface area contributed by atoms with Crippen molar-refractivity contribution in [3.63, 3.8) is 0 Å². The van der Waals surface area contributed by atoms with Crippen LogP contribution < -0.4 is 5.11 Å². The van der Waals surface area contributed by atoms with Gasteiger partial charge >= 0.3 is 5.97 Å². The lowest BCUT2D eigenvalue weighted by molar-refractivity contribution is -0.849. The molecule has 0 aromatic heterocycles. The Morgan fingerprint density at radius 3 is 1.44 bits per heavy atom. The number of quaternary nitrogens is 1. The van der Waals surface area contributed by atoms with E-state index in [1.807, 2.05) is 0 Å². The molecule has 0 saturated carbocycles. The van der Waals surface area contributed by atoms with E-state index in [2.05, 4.69) is 28.2 Å². The van der Waals surface area contributed by atoms with Crippen LogP contribution >= 0.6 is 0 Å². The highest BCUT2D eigenvalue weighted by molar-refractivity contribution is 7.85. The van der Waals surface area contributed by atoms with E-state index in [1.165, 1.54) is 48.5 Å². The molecule has 2 aromatic carbocycles. The monoisotopic (exact) mass is 363 g/mol. The van der Waals surface area contributed by atoms with E-state index in [0.717, 1.165) is 4.48 Å². The van der Waals surface area contributed by atoms with Gasteiger partial charge in [-0.15, -0.1) is 0 Å². The van der Waals surface area contributed by atoms with Gasteiger partial charge < -0.3 is 19.5 Å². The van der Waals surface area contributed by atoms with E-state index in [9.17, 15) is 18.9 Å². The van der Waals surface area contributed by atoms with Crippen molar-refractivity contribution in [2.24, 2.45) is 0 Å². The molecule has 2 aromatic rings. The van der Waals surface area contributed by atoms with Crippen LogP contribution in [-0.2, 0) is 10.8 Å². The molecule has 6 nitrogen and oxygen atoms in total. The van der Waals surface area contributed by atoms with Gasteiger partial charge in [0.25, 0.3) is 0 Å². The fourth-order valence-electron chi connectivity index (χ4n) is 1.57. The normalized spacial score (nSPS) is 11.8. The molecule has 1 atom stereocenters. The SMILES string of the molecule is C[N+](C)(C)C.O=C([O-])c1ccc(S(=O)c2ccc(C(=O)O)cc2)cc1. The summed E-state index contributed by atoms with van der Waals surface area (Å²) in [6.45, 7) is 0. The lowest BCUT2D eigenvalue weighted by atomic mass is 10.2. The van der Waals surface area contributed by atoms with Crippen LogP contribution in [0.4, 0.5) is 0 Å². The summed E-state index contributed by atoms with van der Waals surface area (Å²) in [7, 11) is 7.00. The third kappa shape index (κ3) is 7.28. The molecule has 0 aliphatic carbocycles. The molecule has 2 rings (SSSR count). The highest BCUT2D eigenvalue weighted by Crippen LogP contribution is 2.17. The van der Waals surface area contributed by atoms with Gasteiger partial charge in [0.05, 0.1) is 50.5 Å². The van der Waals surface area contributed by atoms with E-state index >= 15 is 0 Å². The first-order valence-corrected chi connectivity index (χ1v) is 8.49. The maximum Gasteiger partial charge on any atom is 0.335 e. The fourth-order valence-corrected chi connectivity index (χ4v) is 2.61. The van der Waals surface area contributed by atoms with Crippen LogP contribution in [0.25, 0.3) is 0 Å². The number of hydrogen-bond donors (Lipinski definition) is 1. The summed E-state index contributed by atoms with van der Waals surface area (Å²) in [5.74, 6) is -2.35. The molecule has 0 radical (unpaired) electrons. The zero-order chi connectivity index (χ0) is 19.2. The molecule has 7 heteroatoms. The summed E-state index contributed by atoms with van der Waals surface area (Å²) in [5, 5.41) is 19.4. The first kappa shape index (κ1) is 20.5. The van der Waals surface area contributed by atoms with E-state index in [4.69, 9.17) is 5.11 Å². The molecule has 1 N–H and O–H groups in total. The molecule has 0 spiro atoms. The van der Waals surface area contributed by atoms with E-state index in [1.54, 1.807) is 0 Å². The van der Waals surface area contributed by atoms with Crippen molar-refractivity contribution in [2.75, 3.05) is 28.2 Å². The second kappa shape index (κ2) is 8.55. The van der Waals surface area contributed by atoms with Crippen molar-refractivity contribution in [3.05, 3.63) is 59.7 Å². The Kier molecular flexibility index (Phi) is 7.02. The second-order valence-corrected chi connectivity index (χ2v) is 8.07. The topological polar surface area (TPSA) is 94.5 Å². The Hall–Kier alpha value is -2.51. The summed E-state index contributed by atoms with van der Waals surface area (Å²) >= 11 is 0. The molecule has 0 bridgehead atoms. The molecule has 0 saturated heterocycles. The number of carboxylic acid groups (broad SMARTS) is 2. The van der Waals surface area contributed by atoms with Gasteiger partial charge in [-0.3, -0.25) is 0 Å². The Morgan fingerprint density at radius 2 is 1.16 bits per heavy atom. The molecule has 0 aliphatic heterocycles. The third-order valence-corrected chi connectivity index (χ3v) is 4.02. The molecule has 134 valence electrons. The molecule has 0 heterocycles. The Balaban J connectivity index is 0.000000550. The first-order chi connectivity index (χ1) is 11.5. The molecule has 0 fully saturated rings. The average molecular weight is 363 g/mol. The van der Waals surface area contributed by atoms with Crippen LogP contribution in [0, 0.1) is 0 Å². The maximum absolute atomic E-state index is 12.2. The van der Waals surface area contributed by atoms with E-state index in [-0.39, 0.29) is 11.1 Å². The molecule has 1 unspecified atom stereocenters. The first-order valence-electron chi connectivity index (χ1n) is 7.34. The van der Waals surface area contributed by atoms with Crippen molar-refractivity contribution >= 4 is 22.7 Å². The van der Waals surface area contributed by atoms with Crippen molar-refractivity contribution in [1.82, 2.24) is 0 Å². The van der Waals surface area contributed by atoms with Crippen LogP contribution in [-0.4, -0.2) is 53.9 Å². The van der Waals surface area contributed by atoms with Gasteiger partial charge in [0.2, 0.25) is 0 Å². The number of aromatic carboxylic acids is 2. The molecular weight excluding hydrogens is 342 g/mol. The number of carbonyl (C=O) groups excluding carboxylic acids is 1. The predicted molar refractivity (Wildman–Crippen MR) is 92.8 cm³/mol. The second-order valence-electron chi connectivity index (χ2n) is 6.59. The minimum Gasteiger partial charge on any atom is -0.545 e. The smallest absolute Gasteiger partial charge is 0.335 e. The van der Waals surface area contributed by atoms with Crippen molar-refractivity contribution in [3.8, 4) is 0 Å². The zero-order valence-corrected chi connectivity index (χ0v) is 15.4. The quantitative estimate of drug-likeness (QED) is 0.825. The molecule has 25 heavy (non-hydrogen) atoms. The van der Waals surface area contributed by atoms with Gasteiger partial charge in [-0.1, -0.05) is 12.1 Å². The van der Waals surface area contributed by atoms with Crippen LogP contribution in [0.3, 0.4) is 0 Å². The number of nitrogens with zero attached hydrogens (tertiary/aromatic N) is 1. The summed E-state index contributed by atoms with van der Waals surface area (Å²) in [6, 6.07) is 11.2. The fraction of sp³-hybridized carbons (Fsp3) is 0.222. The Morgan fingerprint density at radius 1 is 0.840 bits per heavy atom. The van der Waals surface area contributed by atoms with Crippen LogP contribution in [0.15, 0.2) is 58.3 Å². The van der Waals surface area contributed by atoms with Gasteiger partial charge in [-0.2, -0.15) is 0 Å². The highest BCUT2D eigenvalue weighted by atomic mass is 32.2. The molecule has 0 aliphatic rings. The number of hydrogen-bond acceptors (Lipinski definition) is 4. The maximum atomic E-state index is 12.2. The summed E-state index contributed by atoms with van der Waals surface area (Å²) in [5.41, 5.74) is 0.116. The van der Waals surface area contributed by atoms with Crippen molar-refractivity contribution in [2.45, 2.75) is 9.79 Å². The largest absolute Gasteiger partial charge is 0.545 e. The number of carboxylic acids is 2. The van der Waals surface area contributed by atoms with Gasteiger partial charge in [0.1, 0.15) is 0 Å². The standard InChI is InChI=1S/C14H10O5S.C4H12N/c15-13(16)9-1-5-11(6-2-9)20(19)12-7-3-10(4-8-12)14(17)18;1-5(2,3)4/h1-8H,(H,15,16)(H,17,18);1-4H3/q;+1/p-1. The van der Waals surface area contributed by atoms with Gasteiger partial charge in [-0.05, 0) is 42.0 Å². The zero-order valence-electron chi connectivity index (χ0n) is 14.6. The summed E-state index contributed by atoms with van der Waals surface area (Å²) in [6.07, 6.45) is 0. The van der Waals surface area contributed by atoms with E-state index in [0.29, 0.717) is 9.79 Å². The third-order valence-electron chi connectivity index (χ3n) is 2.62. The highest BCUT2D eigenvalue weighted by Gasteiger charge is 2.09. The Bertz CT molecular complexity index is 696. The van der Waals surface area contributed by atoms with E-state index < -0.39 is 22.7 Å². The van der Waals surface area contributed by atoms with Gasteiger partial charge in [0, 0.05) is 9.79 Å². The minimum absolute atomic E-state index is 0.00646. The summed E-state index contributed by atoms with van der Waals surface area (Å²) in [4.78, 5) is 22.2. The lowest BCUT2D eigenvalue weighted by Crippen LogP contribution is -2.27. The molecular formula is C18H21NO5S. The van der Waals surface area contributed by atoms with Crippen molar-refractivity contribution in [1.29, 1.82) is 0 Å². The van der Waals surface area contributed by atoms with Crippen LogP contribution in [0.2, 0.25) is 0 Å². The summed E-state index contributed by atoms with van der Waals surface area (Å²) < 4.78 is 13.2. The van der Waals surface area contributed by atoms with Crippen molar-refractivity contribution < 1.29 is 28.5 Å². The van der Waals surface area contributed by atoms with Crippen LogP contribution in [0.5, 0.6) is 0 Å². The minimum atomic E-state index is -1.50.